The van der Waals surface area contributed by atoms with Crippen LogP contribution in [-0.2, 0) is 0 Å². The second-order valence-electron chi connectivity index (χ2n) is 15.7. The third-order valence-electron chi connectivity index (χ3n) is 12.0. The molecule has 0 N–H and O–H groups in total. The van der Waals surface area contributed by atoms with Crippen LogP contribution in [0.4, 0.5) is 17.1 Å². The maximum atomic E-state index is 2.48. The van der Waals surface area contributed by atoms with Crippen molar-refractivity contribution in [3.8, 4) is 61.3 Å². The molecule has 1 heterocycles. The monoisotopic (exact) mass is 790 g/mol. The summed E-state index contributed by atoms with van der Waals surface area (Å²) in [6, 6.07) is 92.3. The molecule has 0 bridgehead atoms. The largest absolute Gasteiger partial charge is 0.309 e. The van der Waals surface area contributed by atoms with Crippen molar-refractivity contribution in [3.05, 3.63) is 255 Å². The van der Waals surface area contributed by atoms with E-state index >= 15 is 0 Å². The van der Waals surface area contributed by atoms with Crippen LogP contribution in [-0.4, -0.2) is 4.57 Å². The summed E-state index contributed by atoms with van der Waals surface area (Å²) in [7, 11) is 0. The highest BCUT2D eigenvalue weighted by molar-refractivity contribution is 6.11. The molecule has 0 atom stereocenters. The Labute approximate surface area is 362 Å². The van der Waals surface area contributed by atoms with Crippen molar-refractivity contribution < 1.29 is 0 Å². The molecule has 0 saturated heterocycles. The highest BCUT2D eigenvalue weighted by atomic mass is 15.1. The summed E-state index contributed by atoms with van der Waals surface area (Å²) in [5.41, 5.74) is 18.4. The molecule has 0 saturated carbocycles. The standard InChI is InChI=1S/C60H42N2/c1-5-21-43(22-6-1)49-29-13-14-31-51(49)46-37-40-59(56(41-46)53-33-16-15-30-50(53)44-23-7-2-8-24-44)62(57-35-19-17-32-52(57)45-25-9-3-10-26-45)48-38-39-55-54-34-18-20-36-58(54)61(60(55)42-48)47-27-11-4-12-28-47/h1-42H. The van der Waals surface area contributed by atoms with Crippen LogP contribution < -0.4 is 4.90 Å². The van der Waals surface area contributed by atoms with Gasteiger partial charge in [0.05, 0.1) is 22.4 Å². The van der Waals surface area contributed by atoms with E-state index in [0.29, 0.717) is 0 Å². The zero-order valence-electron chi connectivity index (χ0n) is 34.1. The Morgan fingerprint density at radius 3 is 1.35 bits per heavy atom. The number of nitrogens with zero attached hydrogens (tertiary/aromatic N) is 2. The van der Waals surface area contributed by atoms with E-state index in [1.165, 1.54) is 44.1 Å². The fourth-order valence-electron chi connectivity index (χ4n) is 9.20. The van der Waals surface area contributed by atoms with E-state index in [-0.39, 0.29) is 0 Å². The van der Waals surface area contributed by atoms with Crippen LogP contribution in [0.5, 0.6) is 0 Å². The van der Waals surface area contributed by atoms with E-state index in [2.05, 4.69) is 264 Å². The Kier molecular flexibility index (Phi) is 9.57. The molecule has 0 aliphatic rings. The summed E-state index contributed by atoms with van der Waals surface area (Å²) in [5.74, 6) is 0. The van der Waals surface area contributed by atoms with Gasteiger partial charge in [-0.05, 0) is 93.0 Å². The Bertz CT molecular complexity index is 3330. The van der Waals surface area contributed by atoms with Gasteiger partial charge in [-0.3, -0.25) is 0 Å². The van der Waals surface area contributed by atoms with Crippen LogP contribution in [0.2, 0.25) is 0 Å². The summed E-state index contributed by atoms with van der Waals surface area (Å²) in [5, 5.41) is 2.44. The summed E-state index contributed by atoms with van der Waals surface area (Å²) in [6.07, 6.45) is 0. The molecule has 0 spiro atoms. The molecule has 0 aliphatic heterocycles. The number of hydrogen-bond donors (Lipinski definition) is 0. The van der Waals surface area contributed by atoms with Crippen LogP contribution in [0.15, 0.2) is 255 Å². The summed E-state index contributed by atoms with van der Waals surface area (Å²) < 4.78 is 2.41. The average Bonchev–Trinajstić information content (AvgIpc) is 3.69. The number of aromatic nitrogens is 1. The molecule has 10 aromatic carbocycles. The number of hydrogen-bond acceptors (Lipinski definition) is 1. The molecule has 0 aliphatic carbocycles. The predicted octanol–water partition coefficient (Wildman–Crippen LogP) is 16.6. The van der Waals surface area contributed by atoms with E-state index in [4.69, 9.17) is 0 Å². The maximum Gasteiger partial charge on any atom is 0.0561 e. The lowest BCUT2D eigenvalue weighted by Crippen LogP contribution is -2.13. The van der Waals surface area contributed by atoms with Crippen molar-refractivity contribution in [1.82, 2.24) is 4.57 Å². The van der Waals surface area contributed by atoms with Gasteiger partial charge >= 0.3 is 0 Å². The summed E-state index contributed by atoms with van der Waals surface area (Å²) in [4.78, 5) is 2.48. The van der Waals surface area contributed by atoms with Crippen LogP contribution in [0.25, 0.3) is 83.1 Å². The van der Waals surface area contributed by atoms with E-state index in [1.54, 1.807) is 0 Å². The molecule has 62 heavy (non-hydrogen) atoms. The molecule has 0 amide bonds. The van der Waals surface area contributed by atoms with Gasteiger partial charge in [0, 0.05) is 33.3 Å². The Morgan fingerprint density at radius 1 is 0.258 bits per heavy atom. The van der Waals surface area contributed by atoms with Gasteiger partial charge < -0.3 is 9.47 Å². The molecular weight excluding hydrogens is 749 g/mol. The van der Waals surface area contributed by atoms with Crippen molar-refractivity contribution in [1.29, 1.82) is 0 Å². The highest BCUT2D eigenvalue weighted by Gasteiger charge is 2.24. The van der Waals surface area contributed by atoms with Gasteiger partial charge in [-0.15, -0.1) is 0 Å². The van der Waals surface area contributed by atoms with Crippen molar-refractivity contribution in [2.45, 2.75) is 0 Å². The van der Waals surface area contributed by atoms with Gasteiger partial charge in [-0.1, -0.05) is 206 Å². The number of benzene rings is 10. The molecule has 0 fully saturated rings. The van der Waals surface area contributed by atoms with Gasteiger partial charge in [0.1, 0.15) is 0 Å². The number of fused-ring (bicyclic) bond motifs is 3. The van der Waals surface area contributed by atoms with Crippen molar-refractivity contribution in [2.75, 3.05) is 4.90 Å². The van der Waals surface area contributed by atoms with Crippen molar-refractivity contribution >= 4 is 38.9 Å². The smallest absolute Gasteiger partial charge is 0.0561 e. The van der Waals surface area contributed by atoms with E-state index in [1.807, 2.05) is 0 Å². The molecular formula is C60H42N2. The molecule has 1 aromatic heterocycles. The molecule has 11 aromatic rings. The predicted molar refractivity (Wildman–Crippen MR) is 263 cm³/mol. The number of para-hydroxylation sites is 3. The SMILES string of the molecule is c1ccc(-c2ccccc2-c2ccc(N(c3ccc4c5ccccc5n(-c5ccccc5)c4c3)c3ccccc3-c3ccccc3)c(-c3ccccc3-c3ccccc3)c2)cc1. The lowest BCUT2D eigenvalue weighted by molar-refractivity contribution is 1.18. The second-order valence-corrected chi connectivity index (χ2v) is 15.7. The molecule has 2 heteroatoms. The van der Waals surface area contributed by atoms with Crippen LogP contribution in [0.1, 0.15) is 0 Å². The first-order valence-corrected chi connectivity index (χ1v) is 21.3. The minimum Gasteiger partial charge on any atom is -0.309 e. The molecule has 2 nitrogen and oxygen atoms in total. The topological polar surface area (TPSA) is 8.17 Å². The lowest BCUT2D eigenvalue weighted by atomic mass is 9.88. The zero-order chi connectivity index (χ0) is 41.2. The van der Waals surface area contributed by atoms with Crippen LogP contribution >= 0.6 is 0 Å². The first-order valence-electron chi connectivity index (χ1n) is 21.3. The normalized spacial score (nSPS) is 11.2. The summed E-state index contributed by atoms with van der Waals surface area (Å²) in [6.45, 7) is 0. The Balaban J connectivity index is 1.23. The third kappa shape index (κ3) is 6.65. The van der Waals surface area contributed by atoms with Crippen LogP contribution in [0, 0.1) is 0 Å². The van der Waals surface area contributed by atoms with Crippen molar-refractivity contribution in [2.24, 2.45) is 0 Å². The molecule has 0 unspecified atom stereocenters. The van der Waals surface area contributed by atoms with E-state index in [9.17, 15) is 0 Å². The van der Waals surface area contributed by atoms with Gasteiger partial charge in [-0.2, -0.15) is 0 Å². The van der Waals surface area contributed by atoms with Gasteiger partial charge in [0.15, 0.2) is 0 Å². The molecule has 0 radical (unpaired) electrons. The fraction of sp³-hybridized carbons (Fsp3) is 0. The third-order valence-corrected chi connectivity index (χ3v) is 12.0. The van der Waals surface area contributed by atoms with E-state index < -0.39 is 0 Å². The van der Waals surface area contributed by atoms with Gasteiger partial charge in [0.25, 0.3) is 0 Å². The Morgan fingerprint density at radius 2 is 0.710 bits per heavy atom. The number of anilines is 3. The minimum absolute atomic E-state index is 1.07. The van der Waals surface area contributed by atoms with Gasteiger partial charge in [-0.25, -0.2) is 0 Å². The first kappa shape index (κ1) is 36.8. The van der Waals surface area contributed by atoms with Gasteiger partial charge in [0.2, 0.25) is 0 Å². The van der Waals surface area contributed by atoms with Crippen LogP contribution in [0.3, 0.4) is 0 Å². The zero-order valence-corrected chi connectivity index (χ0v) is 34.1. The van der Waals surface area contributed by atoms with Crippen molar-refractivity contribution in [3.63, 3.8) is 0 Å². The van der Waals surface area contributed by atoms with E-state index in [0.717, 1.165) is 56.1 Å². The minimum atomic E-state index is 1.07. The maximum absolute atomic E-state index is 2.48. The average molecular weight is 791 g/mol. The number of rotatable bonds is 9. The Hall–Kier alpha value is -8.20. The first-order chi connectivity index (χ1) is 30.8. The lowest BCUT2D eigenvalue weighted by Gasteiger charge is -2.31. The fourth-order valence-corrected chi connectivity index (χ4v) is 9.20. The molecule has 11 rings (SSSR count). The summed E-state index contributed by atoms with van der Waals surface area (Å²) >= 11 is 0. The highest BCUT2D eigenvalue weighted by Crippen LogP contribution is 2.49. The second kappa shape index (κ2) is 16.1. The quantitative estimate of drug-likeness (QED) is 0.141. The molecule has 292 valence electrons.